The van der Waals surface area contributed by atoms with Crippen molar-refractivity contribution in [3.05, 3.63) is 58.1 Å². The van der Waals surface area contributed by atoms with E-state index in [0.717, 1.165) is 4.47 Å². The number of carbonyl (C=O) groups is 2. The molecule has 0 atom stereocenters. The first-order chi connectivity index (χ1) is 13.4. The van der Waals surface area contributed by atoms with E-state index in [0.29, 0.717) is 22.6 Å². The lowest BCUT2D eigenvalue weighted by Gasteiger charge is -2.12. The van der Waals surface area contributed by atoms with Gasteiger partial charge in [0.1, 0.15) is 0 Å². The summed E-state index contributed by atoms with van der Waals surface area (Å²) in [5, 5.41) is 3.95. The van der Waals surface area contributed by atoms with E-state index in [1.807, 2.05) is 6.07 Å². The summed E-state index contributed by atoms with van der Waals surface area (Å²) >= 11 is 3.32. The predicted molar refractivity (Wildman–Crippen MR) is 109 cm³/mol. The Morgan fingerprint density at radius 1 is 1.18 bits per heavy atom. The SMILES string of the molecule is COc1cc(/C=N/NC(=O)c2cccc(Br)c2)ccc1OCC(=O)OC(C)C. The fraction of sp³-hybridized carbons (Fsp3) is 0.250. The van der Waals surface area contributed by atoms with Crippen molar-refractivity contribution in [3.63, 3.8) is 0 Å². The van der Waals surface area contributed by atoms with Crippen molar-refractivity contribution in [1.82, 2.24) is 5.43 Å². The molecule has 0 aliphatic carbocycles. The van der Waals surface area contributed by atoms with Gasteiger partial charge in [-0.3, -0.25) is 4.79 Å². The third-order valence-electron chi connectivity index (χ3n) is 3.37. The summed E-state index contributed by atoms with van der Waals surface area (Å²) in [6, 6.07) is 12.0. The smallest absolute Gasteiger partial charge is 0.344 e. The second-order valence-corrected chi connectivity index (χ2v) is 6.86. The number of halogens is 1. The Hall–Kier alpha value is -2.87. The molecule has 0 fully saturated rings. The highest BCUT2D eigenvalue weighted by atomic mass is 79.9. The lowest BCUT2D eigenvalue weighted by molar-refractivity contribution is -0.149. The summed E-state index contributed by atoms with van der Waals surface area (Å²) in [6.07, 6.45) is 1.28. The lowest BCUT2D eigenvalue weighted by Crippen LogP contribution is -2.19. The van der Waals surface area contributed by atoms with Crippen LogP contribution in [0.2, 0.25) is 0 Å². The zero-order chi connectivity index (χ0) is 20.5. The molecular weight excluding hydrogens is 428 g/mol. The summed E-state index contributed by atoms with van der Waals surface area (Å²) in [4.78, 5) is 23.6. The first kappa shape index (κ1) is 21.4. The number of nitrogens with zero attached hydrogens (tertiary/aromatic N) is 1. The van der Waals surface area contributed by atoms with Crippen molar-refractivity contribution in [1.29, 1.82) is 0 Å². The Labute approximate surface area is 171 Å². The van der Waals surface area contributed by atoms with Gasteiger partial charge in [0, 0.05) is 10.0 Å². The molecule has 0 bridgehead atoms. The zero-order valence-electron chi connectivity index (χ0n) is 15.8. The Kier molecular flexibility index (Phi) is 8.01. The Bertz CT molecular complexity index is 867. The van der Waals surface area contributed by atoms with Crippen LogP contribution in [0.1, 0.15) is 29.8 Å². The van der Waals surface area contributed by atoms with Gasteiger partial charge in [0.15, 0.2) is 18.1 Å². The minimum absolute atomic E-state index is 0.205. The molecular formula is C20H21BrN2O5. The van der Waals surface area contributed by atoms with Crippen LogP contribution in [-0.4, -0.2) is 37.9 Å². The van der Waals surface area contributed by atoms with Crippen LogP contribution in [0.15, 0.2) is 52.0 Å². The second kappa shape index (κ2) is 10.5. The summed E-state index contributed by atoms with van der Waals surface area (Å²) in [6.45, 7) is 3.31. The van der Waals surface area contributed by atoms with Crippen LogP contribution >= 0.6 is 15.9 Å². The average Bonchev–Trinajstić information content (AvgIpc) is 2.66. The fourth-order valence-corrected chi connectivity index (χ4v) is 2.58. The standard InChI is InChI=1S/C20H21BrN2O5/c1-13(2)28-19(24)12-27-17-8-7-14(9-18(17)26-3)11-22-23-20(25)15-5-4-6-16(21)10-15/h4-11,13H,12H2,1-3H3,(H,23,25)/b22-11+. The molecule has 2 aromatic carbocycles. The maximum Gasteiger partial charge on any atom is 0.344 e. The Morgan fingerprint density at radius 3 is 2.64 bits per heavy atom. The van der Waals surface area contributed by atoms with Crippen molar-refractivity contribution < 1.29 is 23.8 Å². The van der Waals surface area contributed by atoms with Crippen molar-refractivity contribution in [2.75, 3.05) is 13.7 Å². The molecule has 2 rings (SSSR count). The van der Waals surface area contributed by atoms with Gasteiger partial charge in [0.2, 0.25) is 0 Å². The van der Waals surface area contributed by atoms with Gasteiger partial charge < -0.3 is 14.2 Å². The van der Waals surface area contributed by atoms with E-state index < -0.39 is 5.97 Å². The van der Waals surface area contributed by atoms with Gasteiger partial charge in [-0.15, -0.1) is 0 Å². The minimum atomic E-state index is -0.460. The second-order valence-electron chi connectivity index (χ2n) is 5.95. The summed E-state index contributed by atoms with van der Waals surface area (Å²) in [5.74, 6) is 0.0456. The van der Waals surface area contributed by atoms with Gasteiger partial charge in [-0.25, -0.2) is 10.2 Å². The number of benzene rings is 2. The molecule has 0 radical (unpaired) electrons. The summed E-state index contributed by atoms with van der Waals surface area (Å²) in [7, 11) is 1.49. The molecule has 8 heteroatoms. The van der Waals surface area contributed by atoms with E-state index in [9.17, 15) is 9.59 Å². The number of amides is 1. The number of nitrogens with one attached hydrogen (secondary N) is 1. The van der Waals surface area contributed by atoms with E-state index in [4.69, 9.17) is 14.2 Å². The van der Waals surface area contributed by atoms with Gasteiger partial charge >= 0.3 is 5.97 Å². The molecule has 0 heterocycles. The van der Waals surface area contributed by atoms with E-state index >= 15 is 0 Å². The molecule has 0 saturated heterocycles. The minimum Gasteiger partial charge on any atom is -0.493 e. The van der Waals surface area contributed by atoms with Crippen LogP contribution < -0.4 is 14.9 Å². The molecule has 0 saturated carbocycles. The van der Waals surface area contributed by atoms with Gasteiger partial charge in [-0.2, -0.15) is 5.10 Å². The van der Waals surface area contributed by atoms with E-state index in [1.165, 1.54) is 13.3 Å². The molecule has 28 heavy (non-hydrogen) atoms. The number of ether oxygens (including phenoxy) is 3. The molecule has 1 amide bonds. The van der Waals surface area contributed by atoms with Crippen LogP contribution in [0.5, 0.6) is 11.5 Å². The van der Waals surface area contributed by atoms with Crippen LogP contribution in [0.3, 0.4) is 0 Å². The zero-order valence-corrected chi connectivity index (χ0v) is 17.4. The van der Waals surface area contributed by atoms with Crippen LogP contribution in [0.4, 0.5) is 0 Å². The van der Waals surface area contributed by atoms with Gasteiger partial charge in [-0.1, -0.05) is 22.0 Å². The summed E-state index contributed by atoms with van der Waals surface area (Å²) < 4.78 is 16.5. The Balaban J connectivity index is 1.98. The Morgan fingerprint density at radius 2 is 1.96 bits per heavy atom. The fourth-order valence-electron chi connectivity index (χ4n) is 2.18. The first-order valence-corrected chi connectivity index (χ1v) is 9.27. The molecule has 0 spiro atoms. The van der Waals surface area contributed by atoms with Gasteiger partial charge in [0.25, 0.3) is 5.91 Å². The number of methoxy groups -OCH3 is 1. The number of hydrogen-bond acceptors (Lipinski definition) is 6. The number of hydrazone groups is 1. The average molecular weight is 449 g/mol. The summed E-state index contributed by atoms with van der Waals surface area (Å²) in [5.41, 5.74) is 3.63. The normalized spacial score (nSPS) is 10.8. The highest BCUT2D eigenvalue weighted by molar-refractivity contribution is 9.10. The van der Waals surface area contributed by atoms with Crippen LogP contribution in [0.25, 0.3) is 0 Å². The quantitative estimate of drug-likeness (QED) is 0.379. The molecule has 7 nitrogen and oxygen atoms in total. The third kappa shape index (κ3) is 6.70. The van der Waals surface area contributed by atoms with Crippen LogP contribution in [-0.2, 0) is 9.53 Å². The van der Waals surface area contributed by atoms with Gasteiger partial charge in [0.05, 0.1) is 19.4 Å². The van der Waals surface area contributed by atoms with E-state index in [2.05, 4.69) is 26.5 Å². The highest BCUT2D eigenvalue weighted by Gasteiger charge is 2.10. The van der Waals surface area contributed by atoms with Crippen molar-refractivity contribution in [2.24, 2.45) is 5.10 Å². The molecule has 0 aliphatic rings. The molecule has 0 aromatic heterocycles. The molecule has 1 N–H and O–H groups in total. The topological polar surface area (TPSA) is 86.2 Å². The number of carbonyl (C=O) groups excluding carboxylic acids is 2. The van der Waals surface area contributed by atoms with Crippen molar-refractivity contribution in [3.8, 4) is 11.5 Å². The molecule has 148 valence electrons. The number of hydrogen-bond donors (Lipinski definition) is 1. The highest BCUT2D eigenvalue weighted by Crippen LogP contribution is 2.27. The molecule has 0 aliphatic heterocycles. The maximum absolute atomic E-state index is 12.1. The maximum atomic E-state index is 12.1. The van der Waals surface area contributed by atoms with E-state index in [-0.39, 0.29) is 18.6 Å². The third-order valence-corrected chi connectivity index (χ3v) is 3.86. The van der Waals surface area contributed by atoms with Crippen molar-refractivity contribution in [2.45, 2.75) is 20.0 Å². The van der Waals surface area contributed by atoms with Crippen LogP contribution in [0, 0.1) is 0 Å². The van der Waals surface area contributed by atoms with Crippen molar-refractivity contribution >= 4 is 34.0 Å². The monoisotopic (exact) mass is 448 g/mol. The number of esters is 1. The lowest BCUT2D eigenvalue weighted by atomic mass is 10.2. The van der Waals surface area contributed by atoms with Gasteiger partial charge in [-0.05, 0) is 55.8 Å². The number of rotatable bonds is 8. The molecule has 2 aromatic rings. The predicted octanol–water partition coefficient (Wildman–Crippen LogP) is 3.55. The van der Waals surface area contributed by atoms with E-state index in [1.54, 1.807) is 50.2 Å². The first-order valence-electron chi connectivity index (χ1n) is 8.48. The molecule has 0 unspecified atom stereocenters. The largest absolute Gasteiger partial charge is 0.493 e.